The monoisotopic (exact) mass is 374 g/mol. The maximum Gasteiger partial charge on any atom is 0.197 e. The zero-order chi connectivity index (χ0) is 20.3. The summed E-state index contributed by atoms with van der Waals surface area (Å²) in [5.74, 6) is -0.641. The van der Waals surface area contributed by atoms with Crippen molar-refractivity contribution in [2.75, 3.05) is 13.7 Å². The Morgan fingerprint density at radius 3 is 2.41 bits per heavy atom. The van der Waals surface area contributed by atoms with Crippen LogP contribution in [0.25, 0.3) is 0 Å². The molecule has 1 N–H and O–H groups in total. The van der Waals surface area contributed by atoms with Crippen molar-refractivity contribution in [3.8, 4) is 5.75 Å². The number of methoxy groups -OCH3 is 1. The van der Waals surface area contributed by atoms with E-state index in [1.807, 2.05) is 82.3 Å². The average molecular weight is 375 g/mol. The molecular formula is C23H34O4. The van der Waals surface area contributed by atoms with Gasteiger partial charge in [0.05, 0.1) is 6.10 Å². The molecule has 0 aliphatic carbocycles. The van der Waals surface area contributed by atoms with Crippen LogP contribution in [-0.2, 0) is 9.47 Å². The Morgan fingerprint density at radius 1 is 1.19 bits per heavy atom. The van der Waals surface area contributed by atoms with E-state index >= 15 is 0 Å². The second kappa shape index (κ2) is 11.8. The molecule has 0 aliphatic rings. The molecule has 1 rings (SSSR count). The predicted molar refractivity (Wildman–Crippen MR) is 111 cm³/mol. The summed E-state index contributed by atoms with van der Waals surface area (Å²) in [6, 6.07) is 7.70. The lowest BCUT2D eigenvalue weighted by Gasteiger charge is -2.27. The van der Waals surface area contributed by atoms with Crippen LogP contribution in [0.2, 0.25) is 0 Å². The van der Waals surface area contributed by atoms with E-state index in [1.165, 1.54) is 0 Å². The molecule has 4 nitrogen and oxygen atoms in total. The smallest absolute Gasteiger partial charge is 0.197 e. The molecular weight excluding hydrogens is 340 g/mol. The molecule has 0 radical (unpaired) electrons. The molecule has 0 heterocycles. The summed E-state index contributed by atoms with van der Waals surface area (Å²) in [7, 11) is 1.70. The Balaban J connectivity index is 2.73. The Morgan fingerprint density at radius 2 is 1.85 bits per heavy atom. The molecule has 0 fully saturated rings. The van der Waals surface area contributed by atoms with E-state index in [0.717, 1.165) is 17.6 Å². The van der Waals surface area contributed by atoms with Crippen molar-refractivity contribution in [1.29, 1.82) is 0 Å². The van der Waals surface area contributed by atoms with Gasteiger partial charge in [0.2, 0.25) is 0 Å². The highest BCUT2D eigenvalue weighted by atomic mass is 16.7. The summed E-state index contributed by atoms with van der Waals surface area (Å²) in [6.45, 7) is 9.65. The van der Waals surface area contributed by atoms with E-state index in [9.17, 15) is 5.11 Å². The Kier molecular flexibility index (Phi) is 10.1. The summed E-state index contributed by atoms with van der Waals surface area (Å²) >= 11 is 0. The molecule has 1 aromatic rings. The van der Waals surface area contributed by atoms with Crippen molar-refractivity contribution in [3.05, 3.63) is 65.8 Å². The third-order valence-corrected chi connectivity index (χ3v) is 4.14. The fourth-order valence-electron chi connectivity index (χ4n) is 2.56. The first-order valence-electron chi connectivity index (χ1n) is 9.44. The van der Waals surface area contributed by atoms with Crippen LogP contribution in [0.5, 0.6) is 5.75 Å². The summed E-state index contributed by atoms with van der Waals surface area (Å²) in [6.07, 6.45) is 10.7. The standard InChI is InChI=1S/C23H34O4/c1-7-9-10-11-12-18(3)22(25-6)20-13-15-21(16-14-20)26-17-23(5,24)27-19(4)8-2/h7,9-16,19,22,24H,8,17H2,1-6H3/b9-7-,11-10-,18-12+. The lowest BCUT2D eigenvalue weighted by Crippen LogP contribution is -2.38. The van der Waals surface area contributed by atoms with Crippen LogP contribution in [-0.4, -0.2) is 30.7 Å². The first-order valence-corrected chi connectivity index (χ1v) is 9.44. The second-order valence-corrected chi connectivity index (χ2v) is 6.81. The Labute approximate surface area is 164 Å². The largest absolute Gasteiger partial charge is 0.488 e. The van der Waals surface area contributed by atoms with Gasteiger partial charge in [-0.2, -0.15) is 0 Å². The summed E-state index contributed by atoms with van der Waals surface area (Å²) < 4.78 is 16.9. The molecule has 1 aromatic carbocycles. The minimum Gasteiger partial charge on any atom is -0.488 e. The van der Waals surface area contributed by atoms with Gasteiger partial charge < -0.3 is 19.3 Å². The van der Waals surface area contributed by atoms with E-state index in [0.29, 0.717) is 5.75 Å². The van der Waals surface area contributed by atoms with Gasteiger partial charge in [-0.3, -0.25) is 0 Å². The molecule has 0 bridgehead atoms. The Hall–Kier alpha value is -1.88. The van der Waals surface area contributed by atoms with Crippen LogP contribution in [0.3, 0.4) is 0 Å². The van der Waals surface area contributed by atoms with Crippen molar-refractivity contribution in [3.63, 3.8) is 0 Å². The first kappa shape index (κ1) is 23.2. The number of ether oxygens (including phenoxy) is 3. The van der Waals surface area contributed by atoms with Gasteiger partial charge in [0.25, 0.3) is 0 Å². The fourth-order valence-corrected chi connectivity index (χ4v) is 2.56. The van der Waals surface area contributed by atoms with Crippen LogP contribution in [0.15, 0.2) is 60.2 Å². The number of hydrogen-bond donors (Lipinski definition) is 1. The highest BCUT2D eigenvalue weighted by Gasteiger charge is 2.24. The maximum absolute atomic E-state index is 10.3. The first-order chi connectivity index (χ1) is 12.8. The van der Waals surface area contributed by atoms with Crippen molar-refractivity contribution < 1.29 is 19.3 Å². The van der Waals surface area contributed by atoms with Gasteiger partial charge in [0.1, 0.15) is 18.5 Å². The van der Waals surface area contributed by atoms with Crippen LogP contribution in [0.4, 0.5) is 0 Å². The number of hydrogen-bond acceptors (Lipinski definition) is 4. The second-order valence-electron chi connectivity index (χ2n) is 6.81. The fraction of sp³-hybridized carbons (Fsp3) is 0.478. The molecule has 0 aliphatic heterocycles. The SMILES string of the molecule is C\C=C/C=C\C=C(/C)C(OC)c1ccc(OCC(C)(O)OC(C)CC)cc1. The lowest BCUT2D eigenvalue weighted by molar-refractivity contribution is -0.228. The molecule has 0 saturated carbocycles. The molecule has 3 atom stereocenters. The zero-order valence-corrected chi connectivity index (χ0v) is 17.4. The molecule has 150 valence electrons. The summed E-state index contributed by atoms with van der Waals surface area (Å²) in [5, 5.41) is 10.3. The maximum atomic E-state index is 10.3. The van der Waals surface area contributed by atoms with Gasteiger partial charge in [-0.25, -0.2) is 0 Å². The molecule has 27 heavy (non-hydrogen) atoms. The minimum atomic E-state index is -1.32. The van der Waals surface area contributed by atoms with E-state index in [-0.39, 0.29) is 18.8 Å². The minimum absolute atomic E-state index is 0.0231. The third-order valence-electron chi connectivity index (χ3n) is 4.14. The van der Waals surface area contributed by atoms with Gasteiger partial charge in [0, 0.05) is 7.11 Å². The molecule has 3 unspecified atom stereocenters. The van der Waals surface area contributed by atoms with E-state index < -0.39 is 5.79 Å². The molecule has 4 heteroatoms. The van der Waals surface area contributed by atoms with Crippen molar-refractivity contribution in [1.82, 2.24) is 0 Å². The van der Waals surface area contributed by atoms with Crippen molar-refractivity contribution >= 4 is 0 Å². The van der Waals surface area contributed by atoms with Crippen molar-refractivity contribution in [2.45, 2.75) is 59.0 Å². The van der Waals surface area contributed by atoms with Gasteiger partial charge in [-0.1, -0.05) is 49.4 Å². The van der Waals surface area contributed by atoms with Crippen LogP contribution < -0.4 is 4.74 Å². The lowest BCUT2D eigenvalue weighted by atomic mass is 10.0. The number of aliphatic hydroxyl groups is 1. The zero-order valence-electron chi connectivity index (χ0n) is 17.4. The van der Waals surface area contributed by atoms with Gasteiger partial charge in [-0.05, 0) is 57.4 Å². The highest BCUT2D eigenvalue weighted by molar-refractivity contribution is 5.33. The molecule has 0 amide bonds. The van der Waals surface area contributed by atoms with Crippen LogP contribution >= 0.6 is 0 Å². The van der Waals surface area contributed by atoms with Gasteiger partial charge in [0.15, 0.2) is 5.79 Å². The summed E-state index contributed by atoms with van der Waals surface area (Å²) in [5.41, 5.74) is 2.15. The predicted octanol–water partition coefficient (Wildman–Crippen LogP) is 5.36. The summed E-state index contributed by atoms with van der Waals surface area (Å²) in [4.78, 5) is 0. The number of allylic oxidation sites excluding steroid dienone is 5. The number of rotatable bonds is 11. The quantitative estimate of drug-likeness (QED) is 0.419. The van der Waals surface area contributed by atoms with E-state index in [1.54, 1.807) is 14.0 Å². The molecule has 0 spiro atoms. The van der Waals surface area contributed by atoms with Crippen LogP contribution in [0, 0.1) is 0 Å². The topological polar surface area (TPSA) is 47.9 Å². The third kappa shape index (κ3) is 8.57. The van der Waals surface area contributed by atoms with Crippen molar-refractivity contribution in [2.24, 2.45) is 0 Å². The molecule has 0 saturated heterocycles. The molecule has 0 aromatic heterocycles. The number of benzene rings is 1. The Bertz CT molecular complexity index is 626. The van der Waals surface area contributed by atoms with E-state index in [4.69, 9.17) is 14.2 Å². The highest BCUT2D eigenvalue weighted by Crippen LogP contribution is 2.27. The van der Waals surface area contributed by atoms with Gasteiger partial charge in [-0.15, -0.1) is 0 Å². The normalized spacial score (nSPS) is 17.2. The van der Waals surface area contributed by atoms with Gasteiger partial charge >= 0.3 is 0 Å². The van der Waals surface area contributed by atoms with Crippen LogP contribution in [0.1, 0.15) is 52.7 Å². The van der Waals surface area contributed by atoms with E-state index in [2.05, 4.69) is 0 Å². The average Bonchev–Trinajstić information content (AvgIpc) is 2.65.